The predicted molar refractivity (Wildman–Crippen MR) is 99.3 cm³/mol. The Labute approximate surface area is 159 Å². The maximum atomic E-state index is 12.1. The van der Waals surface area contributed by atoms with Crippen molar-refractivity contribution in [2.45, 2.75) is 25.4 Å². The largest absolute Gasteiger partial charge is 0.445 e. The molecule has 1 amide bonds. The van der Waals surface area contributed by atoms with Gasteiger partial charge in [0.25, 0.3) is 0 Å². The monoisotopic (exact) mass is 377 g/mol. The second-order valence-corrected chi connectivity index (χ2v) is 6.98. The molecule has 140 valence electrons. The highest BCUT2D eigenvalue weighted by atomic mass is 35.5. The Hall–Kier alpha value is -2.05. The second kappa shape index (κ2) is 7.68. The van der Waals surface area contributed by atoms with Crippen LogP contribution in [0.1, 0.15) is 23.4 Å². The van der Waals surface area contributed by atoms with Gasteiger partial charge >= 0.3 is 6.09 Å². The highest BCUT2D eigenvalue weighted by Gasteiger charge is 2.66. The summed E-state index contributed by atoms with van der Waals surface area (Å²) in [6, 6.07) is 11.7. The van der Waals surface area contributed by atoms with Crippen molar-refractivity contribution in [1.29, 1.82) is 0 Å². The van der Waals surface area contributed by atoms with E-state index in [2.05, 4.69) is 15.8 Å². The minimum atomic E-state index is -0.389. The number of hydrogen-bond donors (Lipinski definition) is 2. The predicted octanol–water partition coefficient (Wildman–Crippen LogP) is 2.81. The number of aryl methyl sites for hydroxylation is 1. The fourth-order valence-electron chi connectivity index (χ4n) is 4.21. The van der Waals surface area contributed by atoms with Gasteiger partial charge in [-0.1, -0.05) is 35.5 Å². The smallest absolute Gasteiger partial charge is 0.407 e. The van der Waals surface area contributed by atoms with E-state index in [0.717, 1.165) is 36.5 Å². The molecule has 1 saturated carbocycles. The molecular weight excluding hydrogens is 354 g/mol. The molecule has 3 atom stereocenters. The summed E-state index contributed by atoms with van der Waals surface area (Å²) in [5.41, 5.74) is 1.79. The minimum Gasteiger partial charge on any atom is -0.445 e. The molecule has 2 fully saturated rings. The number of alkyl carbamates (subject to hydrolysis) is 1. The Morgan fingerprint density at radius 3 is 2.85 bits per heavy atom. The van der Waals surface area contributed by atoms with Gasteiger partial charge in [-0.15, -0.1) is 12.4 Å². The number of piperidine rings is 1. The van der Waals surface area contributed by atoms with Gasteiger partial charge in [-0.25, -0.2) is 4.79 Å². The molecule has 2 heterocycles. The van der Waals surface area contributed by atoms with Gasteiger partial charge in [0.05, 0.1) is 5.69 Å². The minimum absolute atomic E-state index is 0. The lowest BCUT2D eigenvalue weighted by Gasteiger charge is -2.16. The van der Waals surface area contributed by atoms with Crippen molar-refractivity contribution in [3.05, 3.63) is 53.4 Å². The first-order chi connectivity index (χ1) is 12.2. The van der Waals surface area contributed by atoms with Crippen LogP contribution in [0.25, 0.3) is 0 Å². The average molecular weight is 378 g/mol. The topological polar surface area (TPSA) is 76.4 Å². The fourth-order valence-corrected chi connectivity index (χ4v) is 4.21. The summed E-state index contributed by atoms with van der Waals surface area (Å²) >= 11 is 0. The fraction of sp³-hybridized carbons (Fsp3) is 0.474. The SMILES string of the molecule is Cc1cc([C@@]2(CNC(=O)OCc3ccccc3)[C@@H]3CCNC[C@@H]32)no1.Cl. The van der Waals surface area contributed by atoms with Crippen LogP contribution in [0.2, 0.25) is 0 Å². The zero-order valence-electron chi connectivity index (χ0n) is 14.7. The van der Waals surface area contributed by atoms with Gasteiger partial charge in [0.2, 0.25) is 0 Å². The molecule has 6 nitrogen and oxygen atoms in total. The first kappa shape index (κ1) is 18.7. The molecule has 2 N–H and O–H groups in total. The number of aromatic nitrogens is 1. The molecule has 2 aromatic rings. The van der Waals surface area contributed by atoms with Crippen molar-refractivity contribution in [3.63, 3.8) is 0 Å². The number of fused-ring (bicyclic) bond motifs is 1. The lowest BCUT2D eigenvalue weighted by Crippen LogP contribution is -2.35. The Bertz CT molecular complexity index is 737. The standard InChI is InChI=1S/C19H23N3O3.ClH/c1-13-9-17(22-25-13)19(15-7-8-20-10-16(15)19)12-21-18(23)24-11-14-5-3-2-4-6-14;/h2-6,9,15-16,20H,7-8,10-12H2,1H3,(H,21,23);1H/t15-,16+,19+;/m1./s1. The Morgan fingerprint density at radius 2 is 2.19 bits per heavy atom. The van der Waals surface area contributed by atoms with Gasteiger partial charge in [0.15, 0.2) is 0 Å². The molecule has 0 spiro atoms. The van der Waals surface area contributed by atoms with Gasteiger partial charge in [-0.2, -0.15) is 0 Å². The molecule has 1 saturated heterocycles. The maximum Gasteiger partial charge on any atom is 0.407 e. The van der Waals surface area contributed by atoms with Crippen LogP contribution in [-0.4, -0.2) is 30.9 Å². The van der Waals surface area contributed by atoms with E-state index in [4.69, 9.17) is 9.26 Å². The Kier molecular flexibility index (Phi) is 5.53. The molecule has 26 heavy (non-hydrogen) atoms. The summed E-state index contributed by atoms with van der Waals surface area (Å²) in [5.74, 6) is 1.82. The van der Waals surface area contributed by atoms with Crippen LogP contribution >= 0.6 is 12.4 Å². The molecule has 4 rings (SSSR count). The number of hydrogen-bond acceptors (Lipinski definition) is 5. The highest BCUT2D eigenvalue weighted by molar-refractivity contribution is 5.85. The van der Waals surface area contributed by atoms with E-state index in [0.29, 0.717) is 18.4 Å². The lowest BCUT2D eigenvalue weighted by molar-refractivity contribution is 0.138. The summed E-state index contributed by atoms with van der Waals surface area (Å²) in [7, 11) is 0. The van der Waals surface area contributed by atoms with Gasteiger partial charge in [-0.05, 0) is 43.8 Å². The quantitative estimate of drug-likeness (QED) is 0.837. The first-order valence-electron chi connectivity index (χ1n) is 8.79. The van der Waals surface area contributed by atoms with Crippen LogP contribution in [-0.2, 0) is 16.8 Å². The number of amides is 1. The summed E-state index contributed by atoms with van der Waals surface area (Å²) < 4.78 is 10.6. The molecule has 1 aliphatic heterocycles. The van der Waals surface area contributed by atoms with E-state index in [1.807, 2.05) is 43.3 Å². The molecule has 1 aliphatic carbocycles. The van der Waals surface area contributed by atoms with Crippen molar-refractivity contribution in [2.24, 2.45) is 11.8 Å². The van der Waals surface area contributed by atoms with Crippen molar-refractivity contribution < 1.29 is 14.1 Å². The van der Waals surface area contributed by atoms with Crippen LogP contribution < -0.4 is 10.6 Å². The zero-order valence-corrected chi connectivity index (χ0v) is 15.6. The molecule has 7 heteroatoms. The van der Waals surface area contributed by atoms with Crippen LogP contribution in [0.3, 0.4) is 0 Å². The maximum absolute atomic E-state index is 12.1. The van der Waals surface area contributed by atoms with E-state index in [-0.39, 0.29) is 30.5 Å². The molecule has 2 aliphatic rings. The third kappa shape index (κ3) is 3.44. The van der Waals surface area contributed by atoms with Crippen molar-refractivity contribution in [2.75, 3.05) is 19.6 Å². The molecule has 0 radical (unpaired) electrons. The van der Waals surface area contributed by atoms with Gasteiger partial charge in [-0.3, -0.25) is 0 Å². The van der Waals surface area contributed by atoms with Gasteiger partial charge < -0.3 is 19.9 Å². The molecular formula is C19H24ClN3O3. The van der Waals surface area contributed by atoms with Crippen molar-refractivity contribution >= 4 is 18.5 Å². The van der Waals surface area contributed by atoms with E-state index in [1.165, 1.54) is 0 Å². The number of benzene rings is 1. The summed E-state index contributed by atoms with van der Waals surface area (Å²) in [5, 5.41) is 10.6. The molecule has 0 bridgehead atoms. The third-order valence-corrected chi connectivity index (χ3v) is 5.54. The number of carbonyl (C=O) groups excluding carboxylic acids is 1. The number of halogens is 1. The third-order valence-electron chi connectivity index (χ3n) is 5.54. The average Bonchev–Trinajstić information content (AvgIpc) is 3.10. The van der Waals surface area contributed by atoms with Crippen LogP contribution in [0, 0.1) is 18.8 Å². The number of rotatable bonds is 5. The van der Waals surface area contributed by atoms with Crippen LogP contribution in [0.15, 0.2) is 40.9 Å². The highest BCUT2D eigenvalue weighted by Crippen LogP contribution is 2.61. The van der Waals surface area contributed by atoms with E-state index >= 15 is 0 Å². The summed E-state index contributed by atoms with van der Waals surface area (Å²) in [6.45, 7) is 4.67. The van der Waals surface area contributed by atoms with Gasteiger partial charge in [0, 0.05) is 18.0 Å². The lowest BCUT2D eigenvalue weighted by atomic mass is 9.96. The Morgan fingerprint density at radius 1 is 1.38 bits per heavy atom. The zero-order chi connectivity index (χ0) is 17.3. The van der Waals surface area contributed by atoms with E-state index in [9.17, 15) is 4.79 Å². The number of nitrogens with one attached hydrogen (secondary N) is 2. The number of carbonyl (C=O) groups is 1. The van der Waals surface area contributed by atoms with E-state index < -0.39 is 0 Å². The summed E-state index contributed by atoms with van der Waals surface area (Å²) in [6.07, 6.45) is 0.706. The Balaban J connectivity index is 0.00000196. The van der Waals surface area contributed by atoms with Crippen LogP contribution in [0.5, 0.6) is 0 Å². The first-order valence-corrected chi connectivity index (χ1v) is 8.79. The normalized spacial score (nSPS) is 26.3. The van der Waals surface area contributed by atoms with E-state index in [1.54, 1.807) is 0 Å². The van der Waals surface area contributed by atoms with Gasteiger partial charge in [0.1, 0.15) is 12.4 Å². The molecule has 1 aromatic carbocycles. The van der Waals surface area contributed by atoms with Crippen molar-refractivity contribution in [1.82, 2.24) is 15.8 Å². The van der Waals surface area contributed by atoms with Crippen molar-refractivity contribution in [3.8, 4) is 0 Å². The molecule has 1 aromatic heterocycles. The van der Waals surface area contributed by atoms with Crippen LogP contribution in [0.4, 0.5) is 4.79 Å². The number of ether oxygens (including phenoxy) is 1. The molecule has 0 unspecified atom stereocenters. The number of nitrogens with zero attached hydrogens (tertiary/aromatic N) is 1. The second-order valence-electron chi connectivity index (χ2n) is 6.98. The summed E-state index contributed by atoms with van der Waals surface area (Å²) in [4.78, 5) is 12.1.